The lowest BCUT2D eigenvalue weighted by molar-refractivity contribution is 0.0835. The number of carbonyl (C=O) groups excluding carboxylic acids is 1. The molecule has 2 aromatic carbocycles. The van der Waals surface area contributed by atoms with Gasteiger partial charge < -0.3 is 9.47 Å². The Kier molecular flexibility index (Phi) is 6.03. The van der Waals surface area contributed by atoms with Crippen molar-refractivity contribution in [2.45, 2.75) is 25.9 Å². The number of aliphatic imine (C=N–C) groups is 1. The second-order valence-corrected chi connectivity index (χ2v) is 9.11. The van der Waals surface area contributed by atoms with Gasteiger partial charge in [-0.2, -0.15) is 4.98 Å². The number of guanidine groups is 1. The lowest BCUT2D eigenvalue weighted by atomic mass is 10.1. The van der Waals surface area contributed by atoms with Crippen LogP contribution in [-0.4, -0.2) is 59.7 Å². The summed E-state index contributed by atoms with van der Waals surface area (Å²) in [5.74, 6) is 1.91. The molecule has 9 heteroatoms. The van der Waals surface area contributed by atoms with Crippen LogP contribution >= 0.6 is 15.9 Å². The lowest BCUT2D eigenvalue weighted by Crippen LogP contribution is -2.50. The molecule has 8 nitrogen and oxygen atoms in total. The van der Waals surface area contributed by atoms with Crippen molar-refractivity contribution in [1.82, 2.24) is 14.5 Å². The fourth-order valence-corrected chi connectivity index (χ4v) is 5.16. The highest BCUT2D eigenvalue weighted by molar-refractivity contribution is 9.10. The van der Waals surface area contributed by atoms with Gasteiger partial charge in [0.1, 0.15) is 5.75 Å². The number of benzene rings is 2. The van der Waals surface area contributed by atoms with E-state index in [0.29, 0.717) is 43.1 Å². The number of ether oxygens (including phenoxy) is 2. The third-order valence-electron chi connectivity index (χ3n) is 6.16. The van der Waals surface area contributed by atoms with Crippen LogP contribution in [0, 0.1) is 0 Å². The van der Waals surface area contributed by atoms with Gasteiger partial charge in [0.2, 0.25) is 5.96 Å². The third-order valence-corrected chi connectivity index (χ3v) is 6.78. The predicted octanol–water partition coefficient (Wildman–Crippen LogP) is 3.97. The Labute approximate surface area is 206 Å². The summed E-state index contributed by atoms with van der Waals surface area (Å²) in [7, 11) is 3.21. The van der Waals surface area contributed by atoms with Crippen molar-refractivity contribution < 1.29 is 14.3 Å². The molecule has 0 aliphatic carbocycles. The van der Waals surface area contributed by atoms with Gasteiger partial charge in [-0.05, 0) is 52.5 Å². The first-order chi connectivity index (χ1) is 16.5. The second-order valence-electron chi connectivity index (χ2n) is 8.26. The number of rotatable bonds is 7. The smallest absolute Gasteiger partial charge is 0.299 e. The van der Waals surface area contributed by atoms with Crippen LogP contribution < -0.4 is 14.4 Å². The largest absolute Gasteiger partial charge is 0.496 e. The number of amides is 1. The summed E-state index contributed by atoms with van der Waals surface area (Å²) in [6.07, 6.45) is 0.805. The molecule has 34 heavy (non-hydrogen) atoms. The van der Waals surface area contributed by atoms with E-state index >= 15 is 0 Å². The van der Waals surface area contributed by atoms with Gasteiger partial charge in [0.15, 0.2) is 11.5 Å². The fourth-order valence-electron chi connectivity index (χ4n) is 4.58. The Hall–Kier alpha value is -3.33. The summed E-state index contributed by atoms with van der Waals surface area (Å²) in [6, 6.07) is 16.6. The quantitative estimate of drug-likeness (QED) is 0.468. The van der Waals surface area contributed by atoms with E-state index in [1.54, 1.807) is 19.1 Å². The van der Waals surface area contributed by atoms with E-state index in [2.05, 4.69) is 33.0 Å². The summed E-state index contributed by atoms with van der Waals surface area (Å²) in [5, 5.41) is 0. The van der Waals surface area contributed by atoms with Crippen LogP contribution in [0.3, 0.4) is 0 Å². The first-order valence-corrected chi connectivity index (χ1v) is 12.0. The molecule has 1 aromatic heterocycles. The topological polar surface area (TPSA) is 72.2 Å². The summed E-state index contributed by atoms with van der Waals surface area (Å²) in [6.45, 7) is 3.58. The Morgan fingerprint density at radius 2 is 1.88 bits per heavy atom. The van der Waals surface area contributed by atoms with E-state index < -0.39 is 0 Å². The number of aromatic nitrogens is 2. The molecule has 0 saturated carbocycles. The van der Waals surface area contributed by atoms with Crippen LogP contribution in [0.15, 0.2) is 58.0 Å². The normalized spacial score (nSPS) is 16.9. The van der Waals surface area contributed by atoms with E-state index in [1.807, 2.05) is 47.9 Å². The molecule has 0 saturated heterocycles. The van der Waals surface area contributed by atoms with Gasteiger partial charge in [0.05, 0.1) is 37.8 Å². The molecule has 0 radical (unpaired) electrons. The lowest BCUT2D eigenvalue weighted by Gasteiger charge is -2.32. The van der Waals surface area contributed by atoms with Crippen molar-refractivity contribution in [1.29, 1.82) is 0 Å². The zero-order chi connectivity index (χ0) is 23.8. The van der Waals surface area contributed by atoms with Gasteiger partial charge in [-0.1, -0.05) is 36.4 Å². The Morgan fingerprint density at radius 3 is 2.56 bits per heavy atom. The van der Waals surface area contributed by atoms with Gasteiger partial charge in [0.25, 0.3) is 11.9 Å². The fraction of sp³-hybridized carbons (Fsp3) is 0.320. The minimum absolute atomic E-state index is 0.0406. The number of anilines is 1. The van der Waals surface area contributed by atoms with Crippen LogP contribution in [0.5, 0.6) is 11.8 Å². The molecule has 1 amide bonds. The molecule has 0 bridgehead atoms. The average Bonchev–Trinajstić information content (AvgIpc) is 3.42. The van der Waals surface area contributed by atoms with Gasteiger partial charge >= 0.3 is 0 Å². The highest BCUT2D eigenvalue weighted by atomic mass is 79.9. The van der Waals surface area contributed by atoms with E-state index in [1.165, 1.54) is 5.56 Å². The molecule has 0 unspecified atom stereocenters. The maximum atomic E-state index is 13.6. The molecule has 2 aliphatic heterocycles. The number of hydrogen-bond donors (Lipinski definition) is 0. The van der Waals surface area contributed by atoms with E-state index in [9.17, 15) is 4.79 Å². The highest BCUT2D eigenvalue weighted by Gasteiger charge is 2.43. The monoisotopic (exact) mass is 523 g/mol. The molecule has 5 rings (SSSR count). The Morgan fingerprint density at radius 1 is 1.09 bits per heavy atom. The summed E-state index contributed by atoms with van der Waals surface area (Å²) < 4.78 is 13.6. The predicted molar refractivity (Wildman–Crippen MR) is 134 cm³/mol. The molecule has 0 N–H and O–H groups in total. The number of fused-ring (bicyclic) bond motifs is 3. The van der Waals surface area contributed by atoms with Crippen LogP contribution in [0.2, 0.25) is 0 Å². The molecule has 3 aromatic rings. The maximum absolute atomic E-state index is 13.6. The first kappa shape index (κ1) is 22.5. The number of methoxy groups -OCH3 is 2. The standard InChI is InChI=1S/C25H26BrN5O3/c1-4-29-23(32)21-22(31-15-18(27-24(29)31)12-16-8-6-5-7-9-16)28-25(34-3)30(21)14-17-10-11-20(33-2)19(26)13-17/h5-11,13,18H,4,12,14-15H2,1-3H3/t18-/m1/s1. The van der Waals surface area contributed by atoms with Gasteiger partial charge in [0, 0.05) is 6.54 Å². The van der Waals surface area contributed by atoms with E-state index in [4.69, 9.17) is 19.5 Å². The van der Waals surface area contributed by atoms with Crippen LogP contribution in [0.4, 0.5) is 5.82 Å². The van der Waals surface area contributed by atoms with Gasteiger partial charge in [-0.3, -0.25) is 19.2 Å². The molecule has 2 aliphatic rings. The van der Waals surface area contributed by atoms with Crippen molar-refractivity contribution in [3.8, 4) is 11.8 Å². The third kappa shape index (κ3) is 3.83. The molecule has 0 fully saturated rings. The number of carbonyl (C=O) groups is 1. The second kappa shape index (κ2) is 9.13. The molecule has 176 valence electrons. The van der Waals surface area contributed by atoms with Crippen molar-refractivity contribution in [2.24, 2.45) is 4.99 Å². The molecule has 3 heterocycles. The minimum Gasteiger partial charge on any atom is -0.496 e. The number of halogens is 1. The van der Waals surface area contributed by atoms with E-state index in [0.717, 1.165) is 22.2 Å². The summed E-state index contributed by atoms with van der Waals surface area (Å²) in [4.78, 5) is 27.1. The van der Waals surface area contributed by atoms with Gasteiger partial charge in [-0.15, -0.1) is 0 Å². The SMILES string of the molecule is CCN1C(=O)c2c(nc(OC)n2Cc2ccc(OC)c(Br)c2)N2C[C@@H](Cc3ccccc3)N=C12. The molecule has 1 atom stereocenters. The van der Waals surface area contributed by atoms with Crippen LogP contribution in [0.1, 0.15) is 28.5 Å². The van der Waals surface area contributed by atoms with Gasteiger partial charge in [-0.25, -0.2) is 4.99 Å². The summed E-state index contributed by atoms with van der Waals surface area (Å²) in [5.41, 5.74) is 2.73. The number of imidazole rings is 1. The molecule has 0 spiro atoms. The Bertz CT molecular complexity index is 1260. The van der Waals surface area contributed by atoms with Crippen LogP contribution in [0.25, 0.3) is 0 Å². The van der Waals surface area contributed by atoms with Crippen molar-refractivity contribution in [3.05, 3.63) is 69.8 Å². The highest BCUT2D eigenvalue weighted by Crippen LogP contribution is 2.36. The van der Waals surface area contributed by atoms with Crippen molar-refractivity contribution in [3.63, 3.8) is 0 Å². The Balaban J connectivity index is 1.51. The minimum atomic E-state index is -0.115. The molecular weight excluding hydrogens is 498 g/mol. The van der Waals surface area contributed by atoms with Crippen molar-refractivity contribution >= 4 is 33.6 Å². The zero-order valence-corrected chi connectivity index (χ0v) is 20.9. The summed E-state index contributed by atoms with van der Waals surface area (Å²) >= 11 is 3.54. The zero-order valence-electron chi connectivity index (χ0n) is 19.4. The maximum Gasteiger partial charge on any atom is 0.299 e. The first-order valence-electron chi connectivity index (χ1n) is 11.2. The van der Waals surface area contributed by atoms with E-state index in [-0.39, 0.29) is 11.9 Å². The van der Waals surface area contributed by atoms with Crippen LogP contribution in [-0.2, 0) is 13.0 Å². The molecular formula is C25H26BrN5O3. The van der Waals surface area contributed by atoms with Crippen molar-refractivity contribution in [2.75, 3.05) is 32.2 Å². The number of nitrogens with zero attached hydrogens (tertiary/aromatic N) is 5. The number of hydrogen-bond acceptors (Lipinski definition) is 6. The average molecular weight is 524 g/mol.